The van der Waals surface area contributed by atoms with Gasteiger partial charge >= 0.3 is 12.2 Å². The molecule has 0 spiro atoms. The number of carbonyl (C=O) groups is 6. The molecular formula is C69H87N7O17. The van der Waals surface area contributed by atoms with Crippen molar-refractivity contribution in [3.63, 3.8) is 0 Å². The van der Waals surface area contributed by atoms with Crippen molar-refractivity contribution in [3.8, 4) is 23.0 Å². The van der Waals surface area contributed by atoms with E-state index in [0.29, 0.717) is 75.1 Å². The molecule has 0 aliphatic carbocycles. The number of phenolic OH excluding ortho intramolecular Hbond substituents is 1. The van der Waals surface area contributed by atoms with E-state index < -0.39 is 59.5 Å². The number of aryl methyl sites for hydroxylation is 1. The van der Waals surface area contributed by atoms with Gasteiger partial charge in [0.25, 0.3) is 23.6 Å². The van der Waals surface area contributed by atoms with E-state index in [9.17, 15) is 44.1 Å². The van der Waals surface area contributed by atoms with Crippen LogP contribution in [0.4, 0.5) is 9.59 Å². The molecule has 4 saturated heterocycles. The highest BCUT2D eigenvalue weighted by Gasteiger charge is 2.44. The van der Waals surface area contributed by atoms with E-state index in [1.807, 2.05) is 34.9 Å². The summed E-state index contributed by atoms with van der Waals surface area (Å²) >= 11 is 0. The van der Waals surface area contributed by atoms with Crippen LogP contribution in [0.2, 0.25) is 0 Å². The number of rotatable bonds is 17. The Labute approximate surface area is 541 Å². The molecule has 4 unspecified atom stereocenters. The van der Waals surface area contributed by atoms with Gasteiger partial charge in [0.05, 0.1) is 105 Å². The molecule has 11 rings (SSSR count). The summed E-state index contributed by atoms with van der Waals surface area (Å²) in [5.74, 6) is 0.724. The number of aliphatic hydroxyl groups is 2. The molecule has 6 aliphatic heterocycles. The number of morpholine rings is 2. The van der Waals surface area contributed by atoms with Crippen molar-refractivity contribution in [2.24, 2.45) is 0 Å². The fraction of sp³-hybridized carbons (Fsp3) is 0.522. The molecule has 6 aliphatic rings. The zero-order chi connectivity index (χ0) is 66.5. The van der Waals surface area contributed by atoms with Gasteiger partial charge in [-0.15, -0.1) is 0 Å². The van der Waals surface area contributed by atoms with Gasteiger partial charge < -0.3 is 73.3 Å². The summed E-state index contributed by atoms with van der Waals surface area (Å²) in [6, 6.07) is 19.1. The Hall–Kier alpha value is -8.45. The molecule has 0 saturated carbocycles. The standard InChI is InChI=1S/C37H46N4O9.C32H41N3O8/c1-6-47-32-15-24(35(44)41-26-9-10-27(41)19-46-18-26)8-12-29(32)34(43)38-16-31(42)30-14-23-7-11-28(48-20-33-22(2)39-21-49-33)13-25(23)17-40(30)36(45)50-37(3,4)5;1-5-42-28-14-20(30(39)35-22-8-9-23(35)18-41-17-22)7-11-25(28)29(38)33-15-27(37)26-13-19-6-10-24(36)12-21(19)16-34(26)31(40)43-32(2,3)4/h7-8,11-13,15,21,26-27,30-31,42H,6,9-10,14,16-20H2,1-5H3,(H,38,43);6-7,10-12,14,22-23,26-27,36-37H,5,8-9,13,15-18H2,1-4H3,(H,33,38)/t26?,27?,30-,31+;22?,23?,26-,27+/m00/s1. The van der Waals surface area contributed by atoms with Crippen molar-refractivity contribution in [2.45, 2.75) is 180 Å². The lowest BCUT2D eigenvalue weighted by atomic mass is 9.91. The van der Waals surface area contributed by atoms with Crippen LogP contribution >= 0.6 is 0 Å². The zero-order valence-corrected chi connectivity index (χ0v) is 54.4. The molecule has 24 nitrogen and oxygen atoms in total. The molecule has 6 amide bonds. The highest BCUT2D eigenvalue weighted by molar-refractivity contribution is 6.01. The molecule has 4 aromatic carbocycles. The number of aliphatic hydroxyl groups excluding tert-OH is 2. The highest BCUT2D eigenvalue weighted by Crippen LogP contribution is 2.36. The molecular weight excluding hydrogens is 1200 g/mol. The van der Waals surface area contributed by atoms with Crippen molar-refractivity contribution in [3.05, 3.63) is 135 Å². The summed E-state index contributed by atoms with van der Waals surface area (Å²) in [5, 5.41) is 38.3. The van der Waals surface area contributed by atoms with Crippen LogP contribution in [0.15, 0.2) is 83.6 Å². The first kappa shape index (κ1) is 67.4. The summed E-state index contributed by atoms with van der Waals surface area (Å²) in [6.45, 7) is 19.0. The van der Waals surface area contributed by atoms with Crippen LogP contribution in [0.5, 0.6) is 23.0 Å². The Morgan fingerprint density at radius 2 is 1.03 bits per heavy atom. The second-order valence-corrected chi connectivity index (χ2v) is 26.4. The van der Waals surface area contributed by atoms with Crippen LogP contribution in [0.3, 0.4) is 0 Å². The number of aromatic hydroxyl groups is 1. The summed E-state index contributed by atoms with van der Waals surface area (Å²) in [4.78, 5) is 91.1. The number of hydrogen-bond acceptors (Lipinski definition) is 18. The molecule has 5 aromatic rings. The number of benzene rings is 4. The predicted octanol–water partition coefficient (Wildman–Crippen LogP) is 7.66. The van der Waals surface area contributed by atoms with Crippen LogP contribution in [0.25, 0.3) is 0 Å². The maximum absolute atomic E-state index is 13.5. The fourth-order valence-electron chi connectivity index (χ4n) is 12.9. The number of hydrogen-bond donors (Lipinski definition) is 5. The van der Waals surface area contributed by atoms with Crippen molar-refractivity contribution in [2.75, 3.05) is 52.7 Å². The third-order valence-electron chi connectivity index (χ3n) is 17.5. The van der Waals surface area contributed by atoms with E-state index in [1.54, 1.807) is 110 Å². The predicted molar refractivity (Wildman–Crippen MR) is 338 cm³/mol. The van der Waals surface area contributed by atoms with Crippen molar-refractivity contribution >= 4 is 35.8 Å². The Balaban J connectivity index is 0.000000206. The topological polar surface area (TPSA) is 291 Å². The number of aromatic nitrogens is 1. The summed E-state index contributed by atoms with van der Waals surface area (Å²) in [6.07, 6.45) is 2.26. The number of amides is 6. The number of nitrogens with one attached hydrogen (secondary N) is 2. The van der Waals surface area contributed by atoms with Crippen LogP contribution < -0.4 is 24.8 Å². The van der Waals surface area contributed by atoms with Crippen molar-refractivity contribution < 1.29 is 81.7 Å². The quantitative estimate of drug-likeness (QED) is 0.0597. The number of phenols is 1. The zero-order valence-electron chi connectivity index (χ0n) is 54.4. The van der Waals surface area contributed by atoms with Crippen LogP contribution in [-0.4, -0.2) is 188 Å². The Bertz CT molecular complexity index is 3510. The first-order valence-electron chi connectivity index (χ1n) is 32.1. The van der Waals surface area contributed by atoms with Gasteiger partial charge in [-0.3, -0.25) is 29.0 Å². The van der Waals surface area contributed by atoms with Crippen LogP contribution in [-0.2, 0) is 51.5 Å². The first-order valence-corrected chi connectivity index (χ1v) is 32.1. The second-order valence-electron chi connectivity index (χ2n) is 26.4. The third-order valence-corrected chi connectivity index (χ3v) is 17.5. The average Bonchev–Trinajstić information content (AvgIpc) is 1.61. The van der Waals surface area contributed by atoms with E-state index in [2.05, 4.69) is 15.6 Å². The maximum atomic E-state index is 13.5. The number of oxazole rings is 1. The van der Waals surface area contributed by atoms with E-state index in [1.165, 1.54) is 16.2 Å². The normalized spacial score (nSPS) is 21.2. The monoisotopic (exact) mass is 1290 g/mol. The summed E-state index contributed by atoms with van der Waals surface area (Å²) in [5.41, 5.74) is 4.07. The van der Waals surface area contributed by atoms with E-state index >= 15 is 0 Å². The minimum Gasteiger partial charge on any atom is -0.508 e. The fourth-order valence-corrected chi connectivity index (χ4v) is 12.9. The van der Waals surface area contributed by atoms with E-state index in [4.69, 9.17) is 37.6 Å². The number of fused-ring (bicyclic) bond motifs is 6. The lowest BCUT2D eigenvalue weighted by molar-refractivity contribution is -0.0118. The van der Waals surface area contributed by atoms with Gasteiger partial charge in [0, 0.05) is 37.3 Å². The van der Waals surface area contributed by atoms with Gasteiger partial charge in [-0.1, -0.05) is 12.1 Å². The average molecular weight is 1290 g/mol. The van der Waals surface area contributed by atoms with Gasteiger partial charge in [0.2, 0.25) is 0 Å². The molecule has 1 aromatic heterocycles. The summed E-state index contributed by atoms with van der Waals surface area (Å²) < 4.78 is 45.5. The van der Waals surface area contributed by atoms with Gasteiger partial charge in [-0.05, 0) is 184 Å². The Kier molecular flexibility index (Phi) is 20.9. The molecule has 500 valence electrons. The van der Waals surface area contributed by atoms with Crippen molar-refractivity contribution in [1.29, 1.82) is 0 Å². The molecule has 4 fully saturated rings. The summed E-state index contributed by atoms with van der Waals surface area (Å²) in [7, 11) is 0. The molecule has 0 radical (unpaired) electrons. The maximum Gasteiger partial charge on any atom is 0.410 e. The van der Waals surface area contributed by atoms with Crippen LogP contribution in [0.1, 0.15) is 156 Å². The molecule has 4 bridgehead atoms. The lowest BCUT2D eigenvalue weighted by Crippen LogP contribution is -2.54. The number of nitrogens with zero attached hydrogens (tertiary/aromatic N) is 5. The lowest BCUT2D eigenvalue weighted by Gasteiger charge is -2.40. The minimum atomic E-state index is -1.13. The molecule has 7 heterocycles. The first-order chi connectivity index (χ1) is 44.4. The van der Waals surface area contributed by atoms with Crippen molar-refractivity contribution in [1.82, 2.24) is 35.2 Å². The largest absolute Gasteiger partial charge is 0.508 e. The highest BCUT2D eigenvalue weighted by atomic mass is 16.6. The van der Waals surface area contributed by atoms with E-state index in [-0.39, 0.29) is 97.1 Å². The second kappa shape index (κ2) is 28.8. The smallest absolute Gasteiger partial charge is 0.410 e. The third kappa shape index (κ3) is 16.0. The molecule has 5 N–H and O–H groups in total. The SMILES string of the molecule is CCOc1cc(C(=O)N2C3CCC2COC3)ccc1C(=O)NC[C@@H](O)[C@@H]1Cc2ccc(O)cc2CN1C(=O)OC(C)(C)C.CCOc1cc(C(=O)N2C3CCC2COC3)ccc1C(=O)NC[C@@H](O)[C@@H]1Cc2ccc(OCc3ocnc3C)cc2CN1C(=O)OC(C)(C)C. The molecule has 24 heteroatoms. The Morgan fingerprint density at radius 3 is 1.45 bits per heavy atom. The van der Waals surface area contributed by atoms with Gasteiger partial charge in [-0.25, -0.2) is 14.6 Å². The van der Waals surface area contributed by atoms with E-state index in [0.717, 1.165) is 53.6 Å². The van der Waals surface area contributed by atoms with Crippen LogP contribution in [0, 0.1) is 6.92 Å². The molecule has 8 atom stereocenters. The number of carbonyl (C=O) groups excluding carboxylic acids is 6. The Morgan fingerprint density at radius 1 is 0.591 bits per heavy atom. The van der Waals surface area contributed by atoms with Gasteiger partial charge in [-0.2, -0.15) is 0 Å². The van der Waals surface area contributed by atoms with Gasteiger partial charge in [0.15, 0.2) is 12.2 Å². The number of ether oxygens (including phenoxy) is 7. The minimum absolute atomic E-state index is 0.0538. The molecule has 93 heavy (non-hydrogen) atoms. The van der Waals surface area contributed by atoms with Gasteiger partial charge in [0.1, 0.15) is 40.8 Å².